The lowest BCUT2D eigenvalue weighted by molar-refractivity contribution is -0.145. The molecule has 2 atom stereocenters. The zero-order valence-corrected chi connectivity index (χ0v) is 14.2. The number of alkyl halides is 1. The van der Waals surface area contributed by atoms with E-state index in [1.807, 2.05) is 30.3 Å². The highest BCUT2D eigenvalue weighted by Crippen LogP contribution is 2.36. The number of hydrogen-bond donors (Lipinski definition) is 1. The number of nitrogens with zero attached hydrogens (tertiary/aromatic N) is 1. The van der Waals surface area contributed by atoms with Crippen molar-refractivity contribution in [3.63, 3.8) is 0 Å². The lowest BCUT2D eigenvalue weighted by Gasteiger charge is -2.47. The number of rotatable bonds is 5. The average molecular weight is 367 g/mol. The van der Waals surface area contributed by atoms with E-state index in [0.717, 1.165) is 5.56 Å². The van der Waals surface area contributed by atoms with Gasteiger partial charge in [-0.15, -0.1) is 11.8 Å². The minimum absolute atomic E-state index is 0.190. The number of carbonyl (C=O) groups excluding carboxylic acids is 3. The number of nitrogens with one attached hydrogen (secondary N) is 1. The Labute approximate surface area is 148 Å². The van der Waals surface area contributed by atoms with Gasteiger partial charge in [-0.25, -0.2) is 4.79 Å². The number of thioether (sulfide) groups is 1. The number of carbonyl (C=O) groups is 3. The van der Waals surface area contributed by atoms with Gasteiger partial charge >= 0.3 is 5.97 Å². The van der Waals surface area contributed by atoms with Crippen molar-refractivity contribution < 1.29 is 19.1 Å². The smallest absolute Gasteiger partial charge is 0.337 e. The van der Waals surface area contributed by atoms with E-state index in [9.17, 15) is 14.4 Å². The van der Waals surface area contributed by atoms with Gasteiger partial charge in [-0.3, -0.25) is 9.59 Å². The maximum absolute atomic E-state index is 12.2. The van der Waals surface area contributed by atoms with Crippen molar-refractivity contribution >= 4 is 41.1 Å². The first-order valence-corrected chi connectivity index (χ1v) is 8.89. The quantitative estimate of drug-likeness (QED) is 0.482. The number of hydrogen-bond acceptors (Lipinski definition) is 5. The zero-order valence-electron chi connectivity index (χ0n) is 12.6. The van der Waals surface area contributed by atoms with E-state index < -0.39 is 12.0 Å². The topological polar surface area (TPSA) is 75.7 Å². The Morgan fingerprint density at radius 1 is 1.33 bits per heavy atom. The fourth-order valence-electron chi connectivity index (χ4n) is 2.57. The van der Waals surface area contributed by atoms with E-state index in [1.165, 1.54) is 22.9 Å². The van der Waals surface area contributed by atoms with Gasteiger partial charge in [-0.2, -0.15) is 0 Å². The van der Waals surface area contributed by atoms with Crippen LogP contribution in [-0.2, 0) is 25.5 Å². The minimum atomic E-state index is -0.562. The molecule has 1 saturated heterocycles. The Bertz CT molecular complexity index is 695. The summed E-state index contributed by atoms with van der Waals surface area (Å²) in [6.45, 7) is 0. The molecule has 24 heavy (non-hydrogen) atoms. The number of amides is 2. The van der Waals surface area contributed by atoms with Crippen molar-refractivity contribution in [2.75, 3.05) is 11.8 Å². The standard InChI is InChI=1S/C16H15ClN2O4S/c17-9-23-16(22)11-7-19-14(21)13(15(19)24-8-11)18-12(20)6-10-4-2-1-3-5-10/h1-5,7,13,15H,6,8-9H2,(H,18,20)/t13?,15-/m0/s1. The molecule has 0 bridgehead atoms. The zero-order chi connectivity index (χ0) is 17.1. The Hall–Kier alpha value is -1.99. The first kappa shape index (κ1) is 16.9. The summed E-state index contributed by atoms with van der Waals surface area (Å²) < 4.78 is 4.72. The molecule has 1 unspecified atom stereocenters. The summed E-state index contributed by atoms with van der Waals surface area (Å²) in [5, 5.41) is 2.58. The van der Waals surface area contributed by atoms with Crippen molar-refractivity contribution in [3.8, 4) is 0 Å². The van der Waals surface area contributed by atoms with Crippen LogP contribution in [0, 0.1) is 0 Å². The van der Waals surface area contributed by atoms with Gasteiger partial charge in [0.2, 0.25) is 5.91 Å². The van der Waals surface area contributed by atoms with Crippen LogP contribution >= 0.6 is 23.4 Å². The molecule has 2 aliphatic heterocycles. The van der Waals surface area contributed by atoms with Crippen molar-refractivity contribution in [2.45, 2.75) is 17.8 Å². The molecule has 2 amide bonds. The van der Waals surface area contributed by atoms with Gasteiger partial charge < -0.3 is 15.0 Å². The maximum atomic E-state index is 12.2. The van der Waals surface area contributed by atoms with Crippen LogP contribution in [-0.4, -0.2) is 45.9 Å². The first-order valence-electron chi connectivity index (χ1n) is 7.31. The molecule has 1 fully saturated rings. The van der Waals surface area contributed by atoms with Gasteiger partial charge in [0.1, 0.15) is 11.4 Å². The number of benzene rings is 1. The Kier molecular flexibility index (Phi) is 5.11. The molecule has 1 aromatic rings. The van der Waals surface area contributed by atoms with Crippen LogP contribution in [0.2, 0.25) is 0 Å². The second-order valence-electron chi connectivity index (χ2n) is 5.35. The minimum Gasteiger partial charge on any atom is -0.446 e. The summed E-state index contributed by atoms with van der Waals surface area (Å²) in [4.78, 5) is 37.4. The summed E-state index contributed by atoms with van der Waals surface area (Å²) in [6.07, 6.45) is 1.71. The highest BCUT2D eigenvalue weighted by atomic mass is 35.5. The third-order valence-corrected chi connectivity index (χ3v) is 5.18. The van der Waals surface area contributed by atoms with E-state index in [1.54, 1.807) is 0 Å². The molecular weight excluding hydrogens is 352 g/mol. The predicted octanol–water partition coefficient (Wildman–Crippen LogP) is 1.25. The van der Waals surface area contributed by atoms with Gasteiger partial charge in [0.15, 0.2) is 6.07 Å². The molecule has 1 N–H and O–H groups in total. The molecule has 2 aliphatic rings. The average Bonchev–Trinajstić information content (AvgIpc) is 2.60. The second kappa shape index (κ2) is 7.27. The van der Waals surface area contributed by atoms with Crippen molar-refractivity contribution in [1.82, 2.24) is 10.2 Å². The van der Waals surface area contributed by atoms with Crippen LogP contribution in [0.1, 0.15) is 5.56 Å². The van der Waals surface area contributed by atoms with Crippen LogP contribution in [0.5, 0.6) is 0 Å². The molecule has 2 heterocycles. The highest BCUT2D eigenvalue weighted by molar-refractivity contribution is 8.00. The van der Waals surface area contributed by atoms with Crippen molar-refractivity contribution in [1.29, 1.82) is 0 Å². The van der Waals surface area contributed by atoms with E-state index >= 15 is 0 Å². The number of halogens is 1. The predicted molar refractivity (Wildman–Crippen MR) is 90.1 cm³/mol. The number of β-lactam (4-membered cyclic amide) rings is 1. The Balaban J connectivity index is 1.58. The van der Waals surface area contributed by atoms with Crippen LogP contribution < -0.4 is 5.32 Å². The molecule has 3 rings (SSSR count). The first-order chi connectivity index (χ1) is 11.6. The molecule has 0 radical (unpaired) electrons. The van der Waals surface area contributed by atoms with Crippen molar-refractivity contribution in [3.05, 3.63) is 47.7 Å². The normalized spacial score (nSPS) is 22.1. The van der Waals surface area contributed by atoms with Crippen LogP contribution in [0.3, 0.4) is 0 Å². The fraction of sp³-hybridized carbons (Fsp3) is 0.312. The molecule has 0 saturated carbocycles. The van der Waals surface area contributed by atoms with Gasteiger partial charge in [-0.05, 0) is 5.56 Å². The molecule has 1 aromatic carbocycles. The number of esters is 1. The summed E-state index contributed by atoms with van der Waals surface area (Å²) in [7, 11) is 0. The SMILES string of the molecule is O=C(Cc1ccccc1)NC1C(=O)N2C=C(C(=O)OCCl)CS[C@@H]12. The summed E-state index contributed by atoms with van der Waals surface area (Å²) in [5.74, 6) is -0.545. The monoisotopic (exact) mass is 366 g/mol. The van der Waals surface area contributed by atoms with Crippen LogP contribution in [0.15, 0.2) is 42.1 Å². The van der Waals surface area contributed by atoms with E-state index in [2.05, 4.69) is 5.32 Å². The lowest BCUT2D eigenvalue weighted by Crippen LogP contribution is -2.68. The van der Waals surface area contributed by atoms with Gasteiger partial charge in [0, 0.05) is 12.0 Å². The van der Waals surface area contributed by atoms with E-state index in [4.69, 9.17) is 16.3 Å². The fourth-order valence-corrected chi connectivity index (χ4v) is 3.92. The molecule has 126 valence electrons. The van der Waals surface area contributed by atoms with Crippen molar-refractivity contribution in [2.24, 2.45) is 0 Å². The summed E-state index contributed by atoms with van der Waals surface area (Å²) in [6, 6.07) is 8.54. The summed E-state index contributed by atoms with van der Waals surface area (Å²) >= 11 is 6.78. The molecule has 8 heteroatoms. The highest BCUT2D eigenvalue weighted by Gasteiger charge is 2.49. The van der Waals surface area contributed by atoms with Gasteiger partial charge in [0.05, 0.1) is 12.0 Å². The number of ether oxygens (including phenoxy) is 1. The molecule has 0 spiro atoms. The maximum Gasteiger partial charge on any atom is 0.337 e. The van der Waals surface area contributed by atoms with E-state index in [0.29, 0.717) is 11.3 Å². The molecule has 6 nitrogen and oxygen atoms in total. The number of fused-ring (bicyclic) bond motifs is 1. The molecule has 0 aliphatic carbocycles. The van der Waals surface area contributed by atoms with E-state index in [-0.39, 0.29) is 29.7 Å². The molecular formula is C16H15ClN2O4S. The third kappa shape index (κ3) is 3.42. The largest absolute Gasteiger partial charge is 0.446 e. The Morgan fingerprint density at radius 3 is 2.79 bits per heavy atom. The molecule has 0 aromatic heterocycles. The summed E-state index contributed by atoms with van der Waals surface area (Å²) in [5.41, 5.74) is 1.28. The Morgan fingerprint density at radius 2 is 2.08 bits per heavy atom. The lowest BCUT2D eigenvalue weighted by atomic mass is 10.1. The van der Waals surface area contributed by atoms with Gasteiger partial charge in [0.25, 0.3) is 5.91 Å². The van der Waals surface area contributed by atoms with Crippen LogP contribution in [0.25, 0.3) is 0 Å². The van der Waals surface area contributed by atoms with Gasteiger partial charge in [-0.1, -0.05) is 41.9 Å². The van der Waals surface area contributed by atoms with Crippen LogP contribution in [0.4, 0.5) is 0 Å². The second-order valence-corrected chi connectivity index (χ2v) is 6.67. The third-order valence-electron chi connectivity index (χ3n) is 3.76.